The van der Waals surface area contributed by atoms with Gasteiger partial charge in [-0.1, -0.05) is 12.1 Å². The van der Waals surface area contributed by atoms with Crippen molar-refractivity contribution < 1.29 is 18.4 Å². The minimum Gasteiger partial charge on any atom is -0.375 e. The molecule has 5 rings (SSSR count). The van der Waals surface area contributed by atoms with E-state index in [9.17, 15) is 23.2 Å². The van der Waals surface area contributed by atoms with Gasteiger partial charge < -0.3 is 10.2 Å². The van der Waals surface area contributed by atoms with Crippen molar-refractivity contribution in [1.82, 2.24) is 20.0 Å². The SMILES string of the molecule is CC(C)N1C(=O)N(C2c3n[nH]c(=O)c4cc(F)cc(c34)NC2c2ccc(F)cc2)C(=O)C1(C)C. The van der Waals surface area contributed by atoms with Gasteiger partial charge in [-0.05, 0) is 57.5 Å². The summed E-state index contributed by atoms with van der Waals surface area (Å²) >= 11 is 0. The summed E-state index contributed by atoms with van der Waals surface area (Å²) in [5.41, 5.74) is -0.607. The zero-order chi connectivity index (χ0) is 24.5. The molecule has 2 aromatic carbocycles. The smallest absolute Gasteiger partial charge is 0.328 e. The number of aromatic amines is 1. The lowest BCUT2D eigenvalue weighted by Crippen LogP contribution is -2.47. The van der Waals surface area contributed by atoms with Crippen LogP contribution in [0.4, 0.5) is 19.3 Å². The molecule has 34 heavy (non-hydrogen) atoms. The molecule has 3 heterocycles. The van der Waals surface area contributed by atoms with Crippen molar-refractivity contribution in [2.75, 3.05) is 5.32 Å². The lowest BCUT2D eigenvalue weighted by molar-refractivity contribution is -0.134. The molecule has 176 valence electrons. The number of urea groups is 1. The van der Waals surface area contributed by atoms with Gasteiger partial charge in [-0.3, -0.25) is 14.5 Å². The highest BCUT2D eigenvalue weighted by molar-refractivity contribution is 6.08. The first kappa shape index (κ1) is 22.0. The number of anilines is 1. The van der Waals surface area contributed by atoms with Gasteiger partial charge in [0, 0.05) is 17.1 Å². The monoisotopic (exact) mass is 467 g/mol. The zero-order valence-corrected chi connectivity index (χ0v) is 19.0. The van der Waals surface area contributed by atoms with E-state index in [1.54, 1.807) is 13.8 Å². The van der Waals surface area contributed by atoms with E-state index in [2.05, 4.69) is 15.5 Å². The molecule has 2 atom stereocenters. The van der Waals surface area contributed by atoms with Crippen LogP contribution >= 0.6 is 0 Å². The van der Waals surface area contributed by atoms with Crippen molar-refractivity contribution in [2.24, 2.45) is 0 Å². The second-order valence-electron chi connectivity index (χ2n) is 9.41. The van der Waals surface area contributed by atoms with Gasteiger partial charge in [-0.2, -0.15) is 5.10 Å². The van der Waals surface area contributed by atoms with Crippen LogP contribution in [0.3, 0.4) is 0 Å². The second-order valence-corrected chi connectivity index (χ2v) is 9.41. The molecule has 0 saturated carbocycles. The molecule has 1 aromatic heterocycles. The Morgan fingerprint density at radius 3 is 2.32 bits per heavy atom. The molecule has 0 spiro atoms. The van der Waals surface area contributed by atoms with Crippen molar-refractivity contribution in [3.05, 3.63) is 69.6 Å². The Morgan fingerprint density at radius 1 is 1.03 bits per heavy atom. The minimum atomic E-state index is -1.12. The predicted octanol–water partition coefficient (Wildman–Crippen LogP) is 3.86. The summed E-state index contributed by atoms with van der Waals surface area (Å²) in [7, 11) is 0. The highest BCUT2D eigenvalue weighted by Gasteiger charge is 2.57. The van der Waals surface area contributed by atoms with Gasteiger partial charge in [-0.15, -0.1) is 0 Å². The first-order valence-electron chi connectivity index (χ1n) is 10.9. The third-order valence-electron chi connectivity index (χ3n) is 6.57. The number of hydrogen-bond donors (Lipinski definition) is 2. The standard InChI is InChI=1S/C24H23F2N5O3/c1-11(2)31-23(34)30(22(33)24(31,3)4)20-18(12-5-7-13(25)8-6-12)27-16-10-14(26)9-15-17(16)19(20)28-29-21(15)32/h5-11,18,20,27H,1-4H3,(H,29,32). The largest absolute Gasteiger partial charge is 0.375 e. The summed E-state index contributed by atoms with van der Waals surface area (Å²) in [4.78, 5) is 42.4. The number of carbonyl (C=O) groups is 2. The molecule has 0 aliphatic carbocycles. The quantitative estimate of drug-likeness (QED) is 0.570. The van der Waals surface area contributed by atoms with Crippen molar-refractivity contribution in [2.45, 2.75) is 51.4 Å². The van der Waals surface area contributed by atoms with Gasteiger partial charge in [-0.25, -0.2) is 18.7 Å². The third kappa shape index (κ3) is 3.01. The number of imide groups is 1. The number of hydrogen-bond acceptors (Lipinski definition) is 5. The zero-order valence-electron chi connectivity index (χ0n) is 19.0. The van der Waals surface area contributed by atoms with E-state index >= 15 is 0 Å². The number of nitrogens with zero attached hydrogens (tertiary/aromatic N) is 3. The molecular formula is C24H23F2N5O3. The number of benzene rings is 2. The fourth-order valence-electron chi connectivity index (χ4n) is 5.18. The van der Waals surface area contributed by atoms with Crippen LogP contribution < -0.4 is 10.9 Å². The van der Waals surface area contributed by atoms with Crippen LogP contribution in [0.5, 0.6) is 0 Å². The summed E-state index contributed by atoms with van der Waals surface area (Å²) in [6.45, 7) is 6.99. The van der Waals surface area contributed by atoms with E-state index in [4.69, 9.17) is 0 Å². The Hall–Kier alpha value is -3.82. The Morgan fingerprint density at radius 2 is 1.71 bits per heavy atom. The maximum atomic E-state index is 14.4. The number of halogens is 2. The van der Waals surface area contributed by atoms with E-state index in [0.29, 0.717) is 16.6 Å². The van der Waals surface area contributed by atoms with E-state index in [1.807, 2.05) is 13.8 Å². The highest BCUT2D eigenvalue weighted by atomic mass is 19.1. The van der Waals surface area contributed by atoms with E-state index in [0.717, 1.165) is 11.0 Å². The van der Waals surface area contributed by atoms with Crippen molar-refractivity contribution in [1.29, 1.82) is 0 Å². The predicted molar refractivity (Wildman–Crippen MR) is 121 cm³/mol. The van der Waals surface area contributed by atoms with Gasteiger partial charge in [0.2, 0.25) is 0 Å². The van der Waals surface area contributed by atoms with Crippen LogP contribution in [0.2, 0.25) is 0 Å². The first-order valence-corrected chi connectivity index (χ1v) is 10.9. The molecule has 8 nitrogen and oxygen atoms in total. The Labute approximate surface area is 193 Å². The normalized spacial score (nSPS) is 21.5. The number of carbonyl (C=O) groups excluding carboxylic acids is 2. The van der Waals surface area contributed by atoms with Crippen LogP contribution in [0.1, 0.15) is 51.0 Å². The molecule has 0 bridgehead atoms. The van der Waals surface area contributed by atoms with Gasteiger partial charge in [0.15, 0.2) is 0 Å². The maximum absolute atomic E-state index is 14.4. The Kier molecular flexibility index (Phi) is 4.75. The Balaban J connectivity index is 1.79. The lowest BCUT2D eigenvalue weighted by Gasteiger charge is -2.38. The fourth-order valence-corrected chi connectivity index (χ4v) is 5.18. The maximum Gasteiger partial charge on any atom is 0.328 e. The molecule has 0 radical (unpaired) electrons. The van der Waals surface area contributed by atoms with E-state index in [-0.39, 0.29) is 17.1 Å². The average Bonchev–Trinajstić information content (AvgIpc) is 2.94. The third-order valence-corrected chi connectivity index (χ3v) is 6.57. The van der Waals surface area contributed by atoms with Gasteiger partial charge >= 0.3 is 6.03 Å². The Bertz CT molecular complexity index is 1400. The van der Waals surface area contributed by atoms with Crippen LogP contribution in [0.15, 0.2) is 41.2 Å². The number of rotatable bonds is 3. The van der Waals surface area contributed by atoms with E-state index < -0.39 is 46.8 Å². The van der Waals surface area contributed by atoms with Crippen molar-refractivity contribution in [3.8, 4) is 0 Å². The molecular weight excluding hydrogens is 444 g/mol. The molecule has 1 fully saturated rings. The second kappa shape index (κ2) is 7.34. The molecule has 10 heteroatoms. The van der Waals surface area contributed by atoms with Crippen LogP contribution in [-0.2, 0) is 4.79 Å². The fraction of sp³-hybridized carbons (Fsp3) is 0.333. The molecule has 2 aliphatic heterocycles. The summed E-state index contributed by atoms with van der Waals surface area (Å²) in [6, 6.07) is 5.41. The molecule has 1 saturated heterocycles. The highest BCUT2D eigenvalue weighted by Crippen LogP contribution is 2.48. The topological polar surface area (TPSA) is 98.4 Å². The number of H-pyrrole nitrogens is 1. The van der Waals surface area contributed by atoms with Crippen molar-refractivity contribution >= 4 is 28.4 Å². The minimum absolute atomic E-state index is 0.0501. The number of aromatic nitrogens is 2. The summed E-state index contributed by atoms with van der Waals surface area (Å²) in [5.74, 6) is -1.52. The number of amides is 3. The van der Waals surface area contributed by atoms with Gasteiger partial charge in [0.25, 0.3) is 11.5 Å². The molecule has 2 unspecified atom stereocenters. The molecule has 3 amide bonds. The first-order chi connectivity index (χ1) is 16.0. The van der Waals surface area contributed by atoms with Crippen LogP contribution in [-0.4, -0.2) is 43.5 Å². The summed E-state index contributed by atoms with van der Waals surface area (Å²) < 4.78 is 28.1. The number of nitrogens with one attached hydrogen (secondary N) is 2. The molecule has 2 N–H and O–H groups in total. The summed E-state index contributed by atoms with van der Waals surface area (Å²) in [5, 5.41) is 10.2. The van der Waals surface area contributed by atoms with Crippen LogP contribution in [0.25, 0.3) is 10.8 Å². The van der Waals surface area contributed by atoms with Gasteiger partial charge in [0.05, 0.1) is 17.1 Å². The molecule has 2 aliphatic rings. The van der Waals surface area contributed by atoms with Gasteiger partial charge in [0.1, 0.15) is 23.2 Å². The van der Waals surface area contributed by atoms with Crippen molar-refractivity contribution in [3.63, 3.8) is 0 Å². The lowest BCUT2D eigenvalue weighted by atomic mass is 9.88. The average molecular weight is 467 g/mol. The summed E-state index contributed by atoms with van der Waals surface area (Å²) in [6.07, 6.45) is 0. The van der Waals surface area contributed by atoms with Crippen LogP contribution in [0, 0.1) is 11.6 Å². The van der Waals surface area contributed by atoms with E-state index in [1.165, 1.54) is 35.2 Å². The molecule has 3 aromatic rings.